The van der Waals surface area contributed by atoms with Crippen LogP contribution in [0.25, 0.3) is 22.5 Å². The Balaban J connectivity index is 1.57. The Hall–Kier alpha value is -3.65. The number of ether oxygens (including phenoxy) is 1. The van der Waals surface area contributed by atoms with Crippen LogP contribution in [0.15, 0.2) is 34.9 Å². The normalized spacial score (nSPS) is 13.6. The van der Waals surface area contributed by atoms with Crippen LogP contribution in [0.3, 0.4) is 0 Å². The minimum atomic E-state index is -0.497. The highest BCUT2D eigenvalue weighted by Gasteiger charge is 2.27. The zero-order valence-electron chi connectivity index (χ0n) is 26.4. The number of fused-ring (bicyclic) bond motifs is 1. The fourth-order valence-corrected chi connectivity index (χ4v) is 5.64. The molecule has 0 saturated carbocycles. The third kappa shape index (κ3) is 7.40. The molecule has 8 nitrogen and oxygen atoms in total. The molecule has 0 radical (unpaired) electrons. The van der Waals surface area contributed by atoms with Crippen molar-refractivity contribution in [2.24, 2.45) is 0 Å². The number of carbonyl (C=O) groups is 2. The van der Waals surface area contributed by atoms with Gasteiger partial charge in [-0.3, -0.25) is 9.69 Å². The van der Waals surface area contributed by atoms with Gasteiger partial charge >= 0.3 is 6.09 Å². The fraction of sp³-hybridized carbons (Fsp3) is 0.500. The van der Waals surface area contributed by atoms with Gasteiger partial charge in [-0.15, -0.1) is 0 Å². The minimum absolute atomic E-state index is 0.236. The predicted octanol–water partition coefficient (Wildman–Crippen LogP) is 6.77. The molecule has 42 heavy (non-hydrogen) atoms. The van der Waals surface area contributed by atoms with Crippen molar-refractivity contribution in [3.05, 3.63) is 63.8 Å². The second kappa shape index (κ2) is 13.1. The van der Waals surface area contributed by atoms with E-state index in [9.17, 15) is 9.59 Å². The predicted molar refractivity (Wildman–Crippen MR) is 167 cm³/mol. The molecule has 0 spiro atoms. The van der Waals surface area contributed by atoms with Crippen molar-refractivity contribution in [2.75, 3.05) is 26.2 Å². The van der Waals surface area contributed by atoms with Gasteiger partial charge in [0.05, 0.1) is 5.56 Å². The number of alkyl carbamates (subject to hydrolysis) is 1. The maximum Gasteiger partial charge on any atom is 0.407 e. The smallest absolute Gasteiger partial charge is 0.407 e. The largest absolute Gasteiger partial charge is 0.444 e. The van der Waals surface area contributed by atoms with Crippen LogP contribution < -0.4 is 10.6 Å². The van der Waals surface area contributed by atoms with Crippen molar-refractivity contribution in [1.82, 2.24) is 20.7 Å². The van der Waals surface area contributed by atoms with Crippen molar-refractivity contribution in [3.8, 4) is 22.5 Å². The summed E-state index contributed by atoms with van der Waals surface area (Å²) in [6, 6.07) is 10.8. The molecule has 0 atom stereocenters. The summed E-state index contributed by atoms with van der Waals surface area (Å²) in [4.78, 5) is 27.4. The van der Waals surface area contributed by atoms with Gasteiger partial charge in [-0.25, -0.2) is 4.79 Å². The van der Waals surface area contributed by atoms with Crippen LogP contribution in [0, 0.1) is 13.8 Å². The molecule has 2 N–H and O–H groups in total. The first-order chi connectivity index (χ1) is 19.9. The first-order valence-electron chi connectivity index (χ1n) is 15.1. The summed E-state index contributed by atoms with van der Waals surface area (Å²) in [6.07, 6.45) is 1.38. The zero-order chi connectivity index (χ0) is 30.6. The van der Waals surface area contributed by atoms with Gasteiger partial charge in [0, 0.05) is 38.3 Å². The van der Waals surface area contributed by atoms with Crippen LogP contribution in [-0.2, 0) is 17.7 Å². The molecule has 8 heteroatoms. The second-order valence-corrected chi connectivity index (χ2v) is 12.6. The van der Waals surface area contributed by atoms with E-state index in [2.05, 4.69) is 78.7 Å². The van der Waals surface area contributed by atoms with Crippen molar-refractivity contribution >= 4 is 12.0 Å². The molecule has 0 bridgehead atoms. The molecule has 0 fully saturated rings. The zero-order valence-corrected chi connectivity index (χ0v) is 26.4. The summed E-state index contributed by atoms with van der Waals surface area (Å²) in [7, 11) is 0. The summed E-state index contributed by atoms with van der Waals surface area (Å²) in [5.41, 5.74) is 8.59. The highest BCUT2D eigenvalue weighted by molar-refractivity contribution is 6.02. The Morgan fingerprint density at radius 1 is 1.07 bits per heavy atom. The number of carbonyl (C=O) groups excluding carboxylic acids is 2. The number of hydrogen-bond donors (Lipinski definition) is 2. The molecule has 1 aliphatic heterocycles. The molecular formula is C34H46N4O4. The molecule has 1 aliphatic rings. The molecule has 226 valence electrons. The lowest BCUT2D eigenvalue weighted by Gasteiger charge is -2.29. The fourth-order valence-electron chi connectivity index (χ4n) is 5.64. The Morgan fingerprint density at radius 3 is 2.52 bits per heavy atom. The molecule has 3 aromatic rings. The molecule has 0 aliphatic carbocycles. The average Bonchev–Trinajstić information content (AvgIpc) is 3.35. The van der Waals surface area contributed by atoms with Gasteiger partial charge in [0.15, 0.2) is 11.5 Å². The molecule has 2 heterocycles. The van der Waals surface area contributed by atoms with Crippen molar-refractivity contribution in [2.45, 2.75) is 86.3 Å². The van der Waals surface area contributed by atoms with E-state index in [1.165, 1.54) is 22.3 Å². The van der Waals surface area contributed by atoms with Crippen molar-refractivity contribution < 1.29 is 18.8 Å². The quantitative estimate of drug-likeness (QED) is 0.274. The number of nitrogens with zero attached hydrogens (tertiary/aromatic N) is 2. The molecule has 2 amide bonds. The van der Waals surface area contributed by atoms with Gasteiger partial charge in [-0.05, 0) is 99.7 Å². The van der Waals surface area contributed by atoms with Crippen molar-refractivity contribution in [3.63, 3.8) is 0 Å². The van der Waals surface area contributed by atoms with Gasteiger partial charge in [0.2, 0.25) is 0 Å². The first-order valence-corrected chi connectivity index (χ1v) is 15.1. The standard InChI is InChI=1S/C34H46N4O4/c1-9-35-32(39)30-29(31(42-37-30)28-19-27(21(2)3)22(4)17-23(28)5)25-11-12-26-20-38(16-13-24(26)18-25)15-10-14-36-33(40)41-34(6,7)8/h11-12,17-19,21H,9-10,13-16,20H2,1-8H3,(H,35,39)(H,36,40). The lowest BCUT2D eigenvalue weighted by atomic mass is 9.88. The lowest BCUT2D eigenvalue weighted by Crippen LogP contribution is -2.36. The number of rotatable bonds is 9. The monoisotopic (exact) mass is 574 g/mol. The lowest BCUT2D eigenvalue weighted by molar-refractivity contribution is 0.0525. The number of hydrogen-bond acceptors (Lipinski definition) is 6. The van der Waals surface area contributed by atoms with Gasteiger partial charge in [0.25, 0.3) is 5.91 Å². The molecule has 0 saturated heterocycles. The molecule has 1 aromatic heterocycles. The van der Waals surface area contributed by atoms with Crippen LogP contribution in [0.1, 0.15) is 92.2 Å². The Labute approximate surface area is 250 Å². The van der Waals surface area contributed by atoms with E-state index in [1.807, 2.05) is 27.7 Å². The Kier molecular flexibility index (Phi) is 9.77. The van der Waals surface area contributed by atoms with E-state index in [0.29, 0.717) is 30.5 Å². The third-order valence-corrected chi connectivity index (χ3v) is 7.63. The number of aryl methyl sites for hydroxylation is 2. The molecular weight excluding hydrogens is 528 g/mol. The third-order valence-electron chi connectivity index (χ3n) is 7.63. The van der Waals surface area contributed by atoms with Crippen LogP contribution >= 0.6 is 0 Å². The van der Waals surface area contributed by atoms with E-state index in [-0.39, 0.29) is 12.0 Å². The highest BCUT2D eigenvalue weighted by atomic mass is 16.6. The van der Waals surface area contributed by atoms with Crippen LogP contribution in [-0.4, -0.2) is 53.8 Å². The van der Waals surface area contributed by atoms with Gasteiger partial charge in [0.1, 0.15) is 5.60 Å². The number of nitrogens with one attached hydrogen (secondary N) is 2. The van der Waals surface area contributed by atoms with Crippen molar-refractivity contribution in [1.29, 1.82) is 0 Å². The molecule has 4 rings (SSSR count). The minimum Gasteiger partial charge on any atom is -0.444 e. The SMILES string of the molecule is CCNC(=O)c1noc(-c2cc(C(C)C)c(C)cc2C)c1-c1ccc2c(c1)CCN(CCCNC(=O)OC(C)(C)C)C2. The number of benzene rings is 2. The molecule has 0 unspecified atom stereocenters. The first kappa shape index (κ1) is 31.3. The number of aromatic nitrogens is 1. The van der Waals surface area contributed by atoms with Gasteiger partial charge in [-0.2, -0.15) is 0 Å². The highest BCUT2D eigenvalue weighted by Crippen LogP contribution is 2.39. The van der Waals surface area contributed by atoms with Crippen LogP contribution in [0.5, 0.6) is 0 Å². The van der Waals surface area contributed by atoms with E-state index in [1.54, 1.807) is 0 Å². The Morgan fingerprint density at radius 2 is 1.83 bits per heavy atom. The van der Waals surface area contributed by atoms with E-state index in [0.717, 1.165) is 54.7 Å². The average molecular weight is 575 g/mol. The summed E-state index contributed by atoms with van der Waals surface area (Å²) in [6.45, 7) is 19.8. The van der Waals surface area contributed by atoms with E-state index >= 15 is 0 Å². The van der Waals surface area contributed by atoms with Crippen LogP contribution in [0.2, 0.25) is 0 Å². The Bertz CT molecular complexity index is 1430. The van der Waals surface area contributed by atoms with Crippen LogP contribution in [0.4, 0.5) is 4.79 Å². The summed E-state index contributed by atoms with van der Waals surface area (Å²) in [5.74, 6) is 0.754. The topological polar surface area (TPSA) is 96.7 Å². The second-order valence-electron chi connectivity index (χ2n) is 12.6. The summed E-state index contributed by atoms with van der Waals surface area (Å²) >= 11 is 0. The van der Waals surface area contributed by atoms with Gasteiger partial charge < -0.3 is 19.9 Å². The maximum atomic E-state index is 13.1. The summed E-state index contributed by atoms with van der Waals surface area (Å²) < 4.78 is 11.3. The molecule has 2 aromatic carbocycles. The number of amides is 2. The summed E-state index contributed by atoms with van der Waals surface area (Å²) in [5, 5.41) is 10.0. The van der Waals surface area contributed by atoms with E-state index in [4.69, 9.17) is 9.26 Å². The van der Waals surface area contributed by atoms with E-state index < -0.39 is 5.60 Å². The maximum absolute atomic E-state index is 13.1. The van der Waals surface area contributed by atoms with Gasteiger partial charge in [-0.1, -0.05) is 43.3 Å².